The van der Waals surface area contributed by atoms with E-state index in [0.29, 0.717) is 17.0 Å². The molecule has 1 aromatic heterocycles. The van der Waals surface area contributed by atoms with Gasteiger partial charge in [-0.2, -0.15) is 0 Å². The molecular weight excluding hydrogens is 346 g/mol. The van der Waals surface area contributed by atoms with Crippen LogP contribution in [0.4, 0.5) is 8.78 Å². The highest BCUT2D eigenvalue weighted by molar-refractivity contribution is 7.90. The second-order valence-electron chi connectivity index (χ2n) is 5.83. The molecule has 0 atom stereocenters. The summed E-state index contributed by atoms with van der Waals surface area (Å²) < 4.78 is 52.9. The molecule has 0 aliphatic carbocycles. The molecular formula is C18H16F2N2O2S. The monoisotopic (exact) mass is 362 g/mol. The standard InChI is InChI=1S/C18H16F2N2O2S/c1-12-3-8-16(19)15(17(12)20)11-22-10-9-21-18(22)13-4-6-14(7-5-13)25(2,23)24/h3-10H,11H2,1-2H3. The van der Waals surface area contributed by atoms with Crippen molar-refractivity contribution in [2.24, 2.45) is 0 Å². The zero-order valence-electron chi connectivity index (χ0n) is 13.7. The smallest absolute Gasteiger partial charge is 0.175 e. The third kappa shape index (κ3) is 3.46. The fourth-order valence-corrected chi connectivity index (χ4v) is 3.21. The Labute approximate surface area is 144 Å². The molecule has 3 aromatic rings. The third-order valence-electron chi connectivity index (χ3n) is 3.96. The molecule has 0 aliphatic rings. The zero-order valence-corrected chi connectivity index (χ0v) is 14.5. The van der Waals surface area contributed by atoms with Crippen molar-refractivity contribution in [1.29, 1.82) is 0 Å². The van der Waals surface area contributed by atoms with Crippen molar-refractivity contribution in [2.75, 3.05) is 6.26 Å². The van der Waals surface area contributed by atoms with Crippen LogP contribution in [0.3, 0.4) is 0 Å². The van der Waals surface area contributed by atoms with Crippen LogP contribution in [0.1, 0.15) is 11.1 Å². The molecule has 0 saturated heterocycles. The van der Waals surface area contributed by atoms with Gasteiger partial charge < -0.3 is 4.57 Å². The number of aromatic nitrogens is 2. The van der Waals surface area contributed by atoms with Crippen LogP contribution in [0.2, 0.25) is 0 Å². The Morgan fingerprint density at radius 1 is 1.08 bits per heavy atom. The first-order valence-electron chi connectivity index (χ1n) is 7.52. The van der Waals surface area contributed by atoms with Crippen LogP contribution in [0.25, 0.3) is 11.4 Å². The van der Waals surface area contributed by atoms with E-state index in [0.717, 1.165) is 6.26 Å². The van der Waals surface area contributed by atoms with Crippen molar-refractivity contribution in [3.8, 4) is 11.4 Å². The summed E-state index contributed by atoms with van der Waals surface area (Å²) in [7, 11) is -3.29. The summed E-state index contributed by atoms with van der Waals surface area (Å²) in [4.78, 5) is 4.42. The highest BCUT2D eigenvalue weighted by atomic mass is 32.2. The zero-order chi connectivity index (χ0) is 18.2. The second-order valence-corrected chi connectivity index (χ2v) is 7.85. The molecule has 0 fully saturated rings. The molecule has 1 heterocycles. The number of rotatable bonds is 4. The van der Waals surface area contributed by atoms with Crippen LogP contribution in [0.5, 0.6) is 0 Å². The molecule has 4 nitrogen and oxygen atoms in total. The summed E-state index contributed by atoms with van der Waals surface area (Å²) in [5.41, 5.74) is 0.994. The molecule has 0 saturated carbocycles. The van der Waals surface area contributed by atoms with Crippen LogP contribution in [-0.2, 0) is 16.4 Å². The van der Waals surface area contributed by atoms with Crippen LogP contribution in [0, 0.1) is 18.6 Å². The Morgan fingerprint density at radius 3 is 2.40 bits per heavy atom. The van der Waals surface area contributed by atoms with Crippen molar-refractivity contribution in [2.45, 2.75) is 18.4 Å². The van der Waals surface area contributed by atoms with Crippen molar-refractivity contribution in [3.05, 3.63) is 71.6 Å². The number of hydrogen-bond donors (Lipinski definition) is 0. The normalized spacial score (nSPS) is 11.7. The predicted molar refractivity (Wildman–Crippen MR) is 91.0 cm³/mol. The second kappa shape index (κ2) is 6.40. The molecule has 0 N–H and O–H groups in total. The van der Waals surface area contributed by atoms with Gasteiger partial charge in [0.05, 0.1) is 11.4 Å². The van der Waals surface area contributed by atoms with Crippen molar-refractivity contribution >= 4 is 9.84 Å². The van der Waals surface area contributed by atoms with E-state index in [2.05, 4.69) is 4.98 Å². The number of halogens is 2. The Kier molecular flexibility index (Phi) is 4.43. The van der Waals surface area contributed by atoms with Crippen LogP contribution >= 0.6 is 0 Å². The fourth-order valence-electron chi connectivity index (χ4n) is 2.58. The molecule has 2 aromatic carbocycles. The van der Waals surface area contributed by atoms with E-state index in [1.54, 1.807) is 29.8 Å². The van der Waals surface area contributed by atoms with Gasteiger partial charge in [-0.05, 0) is 42.8 Å². The molecule has 0 radical (unpaired) electrons. The molecule has 130 valence electrons. The maximum absolute atomic E-state index is 14.2. The molecule has 25 heavy (non-hydrogen) atoms. The van der Waals surface area contributed by atoms with Crippen LogP contribution in [-0.4, -0.2) is 24.2 Å². The van der Waals surface area contributed by atoms with Gasteiger partial charge in [-0.15, -0.1) is 0 Å². The summed E-state index contributed by atoms with van der Waals surface area (Å²) in [6, 6.07) is 8.85. The minimum atomic E-state index is -3.29. The first-order valence-corrected chi connectivity index (χ1v) is 9.41. The molecule has 0 aliphatic heterocycles. The van der Waals surface area contributed by atoms with E-state index in [4.69, 9.17) is 0 Å². The van der Waals surface area contributed by atoms with Gasteiger partial charge in [-0.25, -0.2) is 22.2 Å². The van der Waals surface area contributed by atoms with Crippen molar-refractivity contribution < 1.29 is 17.2 Å². The molecule has 7 heteroatoms. The largest absolute Gasteiger partial charge is 0.326 e. The van der Waals surface area contributed by atoms with Crippen molar-refractivity contribution in [1.82, 2.24) is 9.55 Å². The Balaban J connectivity index is 1.98. The fraction of sp³-hybridized carbons (Fsp3) is 0.167. The lowest BCUT2D eigenvalue weighted by atomic mass is 10.1. The Hall–Kier alpha value is -2.54. The average molecular weight is 362 g/mol. The van der Waals surface area contributed by atoms with Crippen LogP contribution in [0.15, 0.2) is 53.7 Å². The number of hydrogen-bond acceptors (Lipinski definition) is 3. The first-order chi connectivity index (χ1) is 11.8. The summed E-state index contributed by atoms with van der Waals surface area (Å²) in [6.45, 7) is 1.57. The minimum Gasteiger partial charge on any atom is -0.326 e. The number of benzene rings is 2. The lowest BCUT2D eigenvalue weighted by molar-refractivity contribution is 0.540. The maximum Gasteiger partial charge on any atom is 0.175 e. The van der Waals surface area contributed by atoms with E-state index in [-0.39, 0.29) is 17.0 Å². The Morgan fingerprint density at radius 2 is 1.76 bits per heavy atom. The first kappa shape index (κ1) is 17.3. The van der Waals surface area contributed by atoms with Gasteiger partial charge in [-0.1, -0.05) is 6.07 Å². The summed E-state index contributed by atoms with van der Waals surface area (Å²) in [5.74, 6) is -0.692. The summed E-state index contributed by atoms with van der Waals surface area (Å²) >= 11 is 0. The van der Waals surface area contributed by atoms with E-state index in [1.165, 1.54) is 30.5 Å². The van der Waals surface area contributed by atoms with Gasteiger partial charge >= 0.3 is 0 Å². The number of sulfone groups is 1. The van der Waals surface area contributed by atoms with E-state index < -0.39 is 21.5 Å². The summed E-state index contributed by atoms with van der Waals surface area (Å²) in [5, 5.41) is 0. The molecule has 3 rings (SSSR count). The van der Waals surface area contributed by atoms with Crippen LogP contribution < -0.4 is 0 Å². The highest BCUT2D eigenvalue weighted by Crippen LogP contribution is 2.23. The van der Waals surface area contributed by atoms with Gasteiger partial charge in [0.25, 0.3) is 0 Å². The van der Waals surface area contributed by atoms with E-state index in [1.807, 2.05) is 0 Å². The quantitative estimate of drug-likeness (QED) is 0.713. The Bertz CT molecular complexity index is 1030. The van der Waals surface area contributed by atoms with Crippen molar-refractivity contribution in [3.63, 3.8) is 0 Å². The van der Waals surface area contributed by atoms with E-state index >= 15 is 0 Å². The number of nitrogens with zero attached hydrogens (tertiary/aromatic N) is 2. The van der Waals surface area contributed by atoms with Gasteiger partial charge in [0.1, 0.15) is 17.5 Å². The maximum atomic E-state index is 14.2. The predicted octanol–water partition coefficient (Wildman–Crippen LogP) is 3.59. The third-order valence-corrected chi connectivity index (χ3v) is 5.09. The number of imidazole rings is 1. The lowest BCUT2D eigenvalue weighted by Gasteiger charge is -2.11. The van der Waals surface area contributed by atoms with Gasteiger partial charge in [-0.3, -0.25) is 0 Å². The highest BCUT2D eigenvalue weighted by Gasteiger charge is 2.15. The SMILES string of the molecule is Cc1ccc(F)c(Cn2ccnc2-c2ccc(S(C)(=O)=O)cc2)c1F. The summed E-state index contributed by atoms with van der Waals surface area (Å²) in [6.07, 6.45) is 4.29. The number of aryl methyl sites for hydroxylation is 1. The average Bonchev–Trinajstić information content (AvgIpc) is 3.03. The lowest BCUT2D eigenvalue weighted by Crippen LogP contribution is -2.07. The van der Waals surface area contributed by atoms with E-state index in [9.17, 15) is 17.2 Å². The molecule has 0 spiro atoms. The van der Waals surface area contributed by atoms with Gasteiger partial charge in [0, 0.05) is 29.8 Å². The topological polar surface area (TPSA) is 52.0 Å². The van der Waals surface area contributed by atoms with Gasteiger partial charge in [0.2, 0.25) is 0 Å². The molecule has 0 unspecified atom stereocenters. The minimum absolute atomic E-state index is 0.0114. The molecule has 0 amide bonds. The van der Waals surface area contributed by atoms with Gasteiger partial charge in [0.15, 0.2) is 9.84 Å². The molecule has 0 bridgehead atoms.